The maximum absolute atomic E-state index is 13.5. The van der Waals surface area contributed by atoms with Crippen LogP contribution in [0.4, 0.5) is 0 Å². The summed E-state index contributed by atoms with van der Waals surface area (Å²) in [5.74, 6) is -2.58. The molecule has 17 heteroatoms. The third-order valence-electron chi connectivity index (χ3n) is 9.79. The van der Waals surface area contributed by atoms with Gasteiger partial charge >= 0.3 is 16.3 Å². The Bertz CT molecular complexity index is 2030. The normalized spacial score (nSPS) is 21.2. The van der Waals surface area contributed by atoms with Gasteiger partial charge in [-0.1, -0.05) is 48.7 Å². The molecule has 1 fully saturated rings. The topological polar surface area (TPSA) is 226 Å². The molecule has 16 nitrogen and oxygen atoms in total. The van der Waals surface area contributed by atoms with Gasteiger partial charge in [0.1, 0.15) is 11.6 Å². The average molecular weight is 796 g/mol. The molecule has 0 saturated carbocycles. The van der Waals surface area contributed by atoms with E-state index in [1.807, 2.05) is 12.1 Å². The molecule has 3 atom stereocenters. The maximum Gasteiger partial charge on any atom is 0.366 e. The number of aliphatic imine (C=N–C) groups is 2. The van der Waals surface area contributed by atoms with E-state index in [9.17, 15) is 32.5 Å². The van der Waals surface area contributed by atoms with Crippen molar-refractivity contribution in [2.24, 2.45) is 26.8 Å². The number of benzene rings is 1. The van der Waals surface area contributed by atoms with Gasteiger partial charge in [-0.15, -0.1) is 6.58 Å². The van der Waals surface area contributed by atoms with E-state index in [4.69, 9.17) is 15.3 Å². The molecular formula is C39H53N7O9S. The van der Waals surface area contributed by atoms with Crippen molar-refractivity contribution < 1.29 is 42.0 Å². The van der Waals surface area contributed by atoms with Gasteiger partial charge in [-0.3, -0.25) is 14.1 Å². The van der Waals surface area contributed by atoms with E-state index in [1.54, 1.807) is 19.0 Å². The van der Waals surface area contributed by atoms with Crippen molar-refractivity contribution in [1.82, 2.24) is 14.5 Å². The number of carbonyl (C=O) groups is 3. The summed E-state index contributed by atoms with van der Waals surface area (Å²) in [6.45, 7) is 12.8. The lowest BCUT2D eigenvalue weighted by Gasteiger charge is -2.38. The number of likely N-dealkylation sites (N-methyl/N-ethyl adjacent to an activating group) is 1. The molecule has 2 heterocycles. The highest BCUT2D eigenvalue weighted by atomic mass is 32.2. The van der Waals surface area contributed by atoms with Crippen molar-refractivity contribution >= 4 is 45.7 Å². The molecule has 56 heavy (non-hydrogen) atoms. The summed E-state index contributed by atoms with van der Waals surface area (Å²) in [5.41, 5.74) is 7.61. The number of aryl methyl sites for hydroxylation is 2. The van der Waals surface area contributed by atoms with Crippen LogP contribution in [0.15, 0.2) is 75.1 Å². The molecular weight excluding hydrogens is 743 g/mol. The molecule has 0 radical (unpaired) electrons. The van der Waals surface area contributed by atoms with E-state index in [0.29, 0.717) is 5.75 Å². The summed E-state index contributed by atoms with van der Waals surface area (Å²) in [7, 11) is -1.88. The Morgan fingerprint density at radius 2 is 1.96 bits per heavy atom. The predicted octanol–water partition coefficient (Wildman–Crippen LogP) is 4.54. The van der Waals surface area contributed by atoms with Crippen LogP contribution < -0.4 is 15.8 Å². The van der Waals surface area contributed by atoms with E-state index in [-0.39, 0.29) is 52.4 Å². The first-order valence-electron chi connectivity index (χ1n) is 18.5. The summed E-state index contributed by atoms with van der Waals surface area (Å²) in [6, 6.07) is 2.87. The van der Waals surface area contributed by atoms with Gasteiger partial charge in [-0.25, -0.2) is 14.8 Å². The lowest BCUT2D eigenvalue weighted by molar-refractivity contribution is -0.161. The number of amidine groups is 2. The van der Waals surface area contributed by atoms with Crippen LogP contribution in [0.5, 0.6) is 5.75 Å². The second-order valence-corrected chi connectivity index (χ2v) is 15.9. The van der Waals surface area contributed by atoms with Crippen molar-refractivity contribution in [2.75, 3.05) is 20.6 Å². The minimum Gasteiger partial charge on any atom is -0.478 e. The standard InChI is InChI=1S/C39H53N7O9S/c1-9-11-12-13-25-21-24(4)32(27-20-23(3)14-15-26(27)10-2)30(22-25)54-38(41-7)45(8)19-18-29-34(36(48)46(29)56(51,52)53)43-35(47)33(28-16-17-31(40)42-28)44-55-39(5,6)37(49)50/h10,16,18,20-22,26-27,34H,2,9,11-15,17,19H2,1,3-8H3,(H2,40,42)(H,43,47)(H,49,50)(H,51,52,53)/b29-18+,41-38?,44-33-/t26-,27-,34+/m1/s1. The van der Waals surface area contributed by atoms with E-state index < -0.39 is 45.4 Å². The van der Waals surface area contributed by atoms with Crippen LogP contribution in [0, 0.1) is 12.8 Å². The molecule has 3 aliphatic rings. The van der Waals surface area contributed by atoms with Crippen LogP contribution in [-0.2, 0) is 35.9 Å². The molecule has 1 aromatic rings. The molecule has 1 saturated heterocycles. The molecule has 2 aliphatic heterocycles. The summed E-state index contributed by atoms with van der Waals surface area (Å²) >= 11 is 0. The smallest absolute Gasteiger partial charge is 0.366 e. The van der Waals surface area contributed by atoms with Crippen LogP contribution in [0.25, 0.3) is 0 Å². The van der Waals surface area contributed by atoms with Crippen molar-refractivity contribution in [2.45, 2.75) is 97.1 Å². The van der Waals surface area contributed by atoms with Crippen LogP contribution in [0.1, 0.15) is 88.8 Å². The third kappa shape index (κ3) is 10.1. The van der Waals surface area contributed by atoms with Crippen LogP contribution in [0.3, 0.4) is 0 Å². The lowest BCUT2D eigenvalue weighted by Crippen LogP contribution is -2.64. The number of hydrogen-bond donors (Lipinski definition) is 4. The number of nitrogens with one attached hydrogen (secondary N) is 1. The summed E-state index contributed by atoms with van der Waals surface area (Å²) in [4.78, 5) is 53.4. The Balaban J connectivity index is 1.65. The quantitative estimate of drug-likeness (QED) is 0.0346. The Morgan fingerprint density at radius 3 is 2.55 bits per heavy atom. The first-order valence-corrected chi connectivity index (χ1v) is 19.9. The molecule has 0 aromatic heterocycles. The number of amides is 2. The van der Waals surface area contributed by atoms with Gasteiger partial charge in [0, 0.05) is 38.5 Å². The van der Waals surface area contributed by atoms with Gasteiger partial charge in [0.15, 0.2) is 11.8 Å². The summed E-state index contributed by atoms with van der Waals surface area (Å²) in [5, 5.41) is 15.6. The maximum atomic E-state index is 13.5. The Kier molecular flexibility index (Phi) is 14.0. The summed E-state index contributed by atoms with van der Waals surface area (Å²) in [6.07, 6.45) is 13.2. The van der Waals surface area contributed by atoms with Crippen molar-refractivity contribution in [1.29, 1.82) is 0 Å². The number of nitrogens with two attached hydrogens (primary N) is 1. The molecule has 304 valence electrons. The zero-order valence-corrected chi connectivity index (χ0v) is 33.9. The van der Waals surface area contributed by atoms with Crippen molar-refractivity contribution in [3.63, 3.8) is 0 Å². The molecule has 0 bridgehead atoms. The number of nitrogens with zero attached hydrogens (tertiary/aromatic N) is 5. The minimum atomic E-state index is -5.09. The zero-order chi connectivity index (χ0) is 41.5. The number of carbonyl (C=O) groups excluding carboxylic acids is 2. The highest BCUT2D eigenvalue weighted by molar-refractivity contribution is 7.84. The molecule has 0 spiro atoms. The third-order valence-corrected chi connectivity index (χ3v) is 10.6. The number of rotatable bonds is 16. The average Bonchev–Trinajstić information content (AvgIpc) is 3.55. The first kappa shape index (κ1) is 43.4. The number of aliphatic carboxylic acids is 1. The monoisotopic (exact) mass is 795 g/mol. The number of oxime groups is 1. The van der Waals surface area contributed by atoms with Gasteiger partial charge in [0.05, 0.1) is 11.4 Å². The second kappa shape index (κ2) is 18.1. The molecule has 2 amide bonds. The SMILES string of the molecule is C=C[C@@H]1CCC(C)=C[C@H]1c1c(C)cc(CCCCC)cc1OC(=NC)N(C)C/C=C1\[C@H](NC(=O)/C(=N\OC(C)(C)C(=O)O)C2=CCC(N)=N2)C(=O)N1S(=O)(=O)O. The fourth-order valence-electron chi connectivity index (χ4n) is 6.63. The van der Waals surface area contributed by atoms with E-state index in [1.165, 1.54) is 31.6 Å². The number of allylic oxidation sites excluding steroid dienone is 3. The molecule has 4 rings (SSSR count). The van der Waals surface area contributed by atoms with Gasteiger partial charge < -0.3 is 30.6 Å². The number of hydrogen-bond acceptors (Lipinski definition) is 11. The molecule has 0 unspecified atom stereocenters. The predicted molar refractivity (Wildman–Crippen MR) is 213 cm³/mol. The van der Waals surface area contributed by atoms with Crippen LogP contribution >= 0.6 is 0 Å². The van der Waals surface area contributed by atoms with Gasteiger partial charge in [-0.05, 0) is 88.6 Å². The molecule has 1 aromatic carbocycles. The second-order valence-electron chi connectivity index (χ2n) is 14.6. The van der Waals surface area contributed by atoms with Crippen molar-refractivity contribution in [3.05, 3.63) is 76.7 Å². The van der Waals surface area contributed by atoms with Gasteiger partial charge in [-0.2, -0.15) is 12.7 Å². The van der Waals surface area contributed by atoms with Crippen LogP contribution in [-0.4, -0.2) is 94.9 Å². The highest BCUT2D eigenvalue weighted by Gasteiger charge is 2.50. The van der Waals surface area contributed by atoms with Gasteiger partial charge in [0.25, 0.3) is 17.8 Å². The number of unbranched alkanes of at least 4 members (excludes halogenated alkanes) is 2. The fourth-order valence-corrected chi connectivity index (χ4v) is 7.41. The molecule has 1 aliphatic carbocycles. The van der Waals surface area contributed by atoms with E-state index in [0.717, 1.165) is 55.2 Å². The number of carboxylic acid groups (broad SMARTS) is 1. The molecule has 5 N–H and O–H groups in total. The summed E-state index contributed by atoms with van der Waals surface area (Å²) < 4.78 is 41.3. The largest absolute Gasteiger partial charge is 0.478 e. The first-order chi connectivity index (χ1) is 26.3. The lowest BCUT2D eigenvalue weighted by atomic mass is 9.75. The number of carboxylic acids is 1. The number of β-lactam (4-membered cyclic amide) rings is 1. The highest BCUT2D eigenvalue weighted by Crippen LogP contribution is 2.43. The Hall–Kier alpha value is -5.29. The van der Waals surface area contributed by atoms with Gasteiger partial charge in [0.2, 0.25) is 5.60 Å². The Morgan fingerprint density at radius 1 is 1.25 bits per heavy atom. The van der Waals surface area contributed by atoms with E-state index in [2.05, 4.69) is 59.9 Å². The Labute approximate surface area is 328 Å². The zero-order valence-electron chi connectivity index (χ0n) is 33.0. The van der Waals surface area contributed by atoms with E-state index >= 15 is 0 Å². The van der Waals surface area contributed by atoms with Crippen molar-refractivity contribution in [3.8, 4) is 5.75 Å². The minimum absolute atomic E-state index is 0.0244. The van der Waals surface area contributed by atoms with Crippen LogP contribution in [0.2, 0.25) is 0 Å². The fraction of sp³-hybridized carbons (Fsp3) is 0.487. The number of ether oxygens (including phenoxy) is 1.